The van der Waals surface area contributed by atoms with Crippen molar-refractivity contribution in [3.05, 3.63) is 16.1 Å². The Kier molecular flexibility index (Phi) is 7.22. The average molecular weight is 368 g/mol. The summed E-state index contributed by atoms with van der Waals surface area (Å²) in [4.78, 5) is 12.5. The molecule has 1 aromatic rings. The first-order chi connectivity index (χ1) is 11.8. The van der Waals surface area contributed by atoms with E-state index < -0.39 is 0 Å². The first kappa shape index (κ1) is 20.1. The summed E-state index contributed by atoms with van der Waals surface area (Å²) in [7, 11) is 1.81. The average Bonchev–Trinajstić information content (AvgIpc) is 2.95. The highest BCUT2D eigenvalue weighted by Crippen LogP contribution is 2.20. The second kappa shape index (κ2) is 8.96. The molecule has 1 aliphatic heterocycles. The molecular weight excluding hydrogens is 334 g/mol. The topological polar surface area (TPSA) is 61.8 Å². The Labute approximate surface area is 156 Å². The van der Waals surface area contributed by atoms with E-state index in [9.17, 15) is 0 Å². The summed E-state index contributed by atoms with van der Waals surface area (Å²) in [5.74, 6) is 0.843. The molecule has 2 rings (SSSR count). The standard InChI is InChI=1S/C18H33N5OS/c1-13-10-23(11-14(2)24-13)18(4,5)12-22-17(19-6)20-8-7-16-21-9-15(3)25-16/h9,13-14H,7-8,10-12H2,1-6H3,(H2,19,20,22). The van der Waals surface area contributed by atoms with Gasteiger partial charge in [0, 0.05) is 56.3 Å². The van der Waals surface area contributed by atoms with Crippen molar-refractivity contribution in [3.8, 4) is 0 Å². The summed E-state index contributed by atoms with van der Waals surface area (Å²) in [6.45, 7) is 14.5. The van der Waals surface area contributed by atoms with Gasteiger partial charge in [0.2, 0.25) is 0 Å². The molecule has 1 fully saturated rings. The molecule has 2 unspecified atom stereocenters. The lowest BCUT2D eigenvalue weighted by Crippen LogP contribution is -2.59. The van der Waals surface area contributed by atoms with Gasteiger partial charge in [0.05, 0.1) is 17.2 Å². The number of thiazole rings is 1. The van der Waals surface area contributed by atoms with Gasteiger partial charge in [-0.1, -0.05) is 0 Å². The van der Waals surface area contributed by atoms with Crippen LogP contribution in [0.4, 0.5) is 0 Å². The van der Waals surface area contributed by atoms with Crippen LogP contribution in [0.5, 0.6) is 0 Å². The van der Waals surface area contributed by atoms with Gasteiger partial charge in [-0.05, 0) is 34.6 Å². The van der Waals surface area contributed by atoms with E-state index in [1.807, 2.05) is 13.2 Å². The molecule has 7 heteroatoms. The third-order valence-electron chi connectivity index (χ3n) is 4.49. The molecule has 25 heavy (non-hydrogen) atoms. The van der Waals surface area contributed by atoms with Crippen LogP contribution in [-0.4, -0.2) is 66.8 Å². The molecule has 0 amide bonds. The highest BCUT2D eigenvalue weighted by atomic mass is 32.1. The second-order valence-corrected chi connectivity index (χ2v) is 8.76. The first-order valence-electron chi connectivity index (χ1n) is 9.06. The van der Waals surface area contributed by atoms with Crippen molar-refractivity contribution < 1.29 is 4.74 Å². The van der Waals surface area contributed by atoms with Gasteiger partial charge in [0.15, 0.2) is 5.96 Å². The van der Waals surface area contributed by atoms with Gasteiger partial charge in [0.1, 0.15) is 0 Å². The summed E-state index contributed by atoms with van der Waals surface area (Å²) in [5, 5.41) is 8.01. The Bertz CT molecular complexity index is 562. The Morgan fingerprint density at radius 3 is 2.60 bits per heavy atom. The Balaban J connectivity index is 1.78. The zero-order chi connectivity index (χ0) is 18.4. The highest BCUT2D eigenvalue weighted by molar-refractivity contribution is 7.11. The van der Waals surface area contributed by atoms with Crippen molar-refractivity contribution in [2.45, 2.75) is 58.8 Å². The minimum Gasteiger partial charge on any atom is -0.373 e. The molecule has 2 N–H and O–H groups in total. The van der Waals surface area contributed by atoms with Crippen LogP contribution >= 0.6 is 11.3 Å². The van der Waals surface area contributed by atoms with Crippen LogP contribution < -0.4 is 10.6 Å². The summed E-state index contributed by atoms with van der Waals surface area (Å²) in [6.07, 6.45) is 3.41. The second-order valence-electron chi connectivity index (χ2n) is 7.44. The van der Waals surface area contributed by atoms with Crippen molar-refractivity contribution in [2.75, 3.05) is 33.2 Å². The van der Waals surface area contributed by atoms with Gasteiger partial charge < -0.3 is 15.4 Å². The maximum absolute atomic E-state index is 5.85. The normalized spacial score (nSPS) is 22.9. The number of nitrogens with zero attached hydrogens (tertiary/aromatic N) is 3. The molecule has 0 radical (unpaired) electrons. The van der Waals surface area contributed by atoms with E-state index in [0.29, 0.717) is 0 Å². The molecule has 142 valence electrons. The van der Waals surface area contributed by atoms with E-state index in [4.69, 9.17) is 4.74 Å². The maximum Gasteiger partial charge on any atom is 0.191 e. The van der Waals surface area contributed by atoms with Gasteiger partial charge in [-0.25, -0.2) is 4.98 Å². The molecule has 0 aliphatic carbocycles. The Morgan fingerprint density at radius 2 is 2.04 bits per heavy atom. The number of rotatable bonds is 6. The van der Waals surface area contributed by atoms with E-state index >= 15 is 0 Å². The van der Waals surface area contributed by atoms with E-state index in [0.717, 1.165) is 43.6 Å². The first-order valence-corrected chi connectivity index (χ1v) is 9.88. The molecule has 0 spiro atoms. The van der Waals surface area contributed by atoms with E-state index in [-0.39, 0.29) is 17.7 Å². The monoisotopic (exact) mass is 367 g/mol. The number of guanidine groups is 1. The number of hydrogen-bond acceptors (Lipinski definition) is 5. The molecular formula is C18H33N5OS. The number of ether oxygens (including phenoxy) is 1. The fraction of sp³-hybridized carbons (Fsp3) is 0.778. The summed E-state index contributed by atoms with van der Waals surface area (Å²) >= 11 is 1.75. The Morgan fingerprint density at radius 1 is 1.36 bits per heavy atom. The molecule has 0 saturated carbocycles. The predicted molar refractivity (Wildman–Crippen MR) is 106 cm³/mol. The van der Waals surface area contributed by atoms with Crippen molar-refractivity contribution in [1.82, 2.24) is 20.5 Å². The number of aromatic nitrogens is 1. The van der Waals surface area contributed by atoms with Crippen LogP contribution in [0, 0.1) is 6.92 Å². The number of aliphatic imine (C=N–C) groups is 1. The lowest BCUT2D eigenvalue weighted by atomic mass is 10.00. The number of nitrogens with one attached hydrogen (secondary N) is 2. The smallest absolute Gasteiger partial charge is 0.191 e. The van der Waals surface area contributed by atoms with E-state index in [1.165, 1.54) is 4.88 Å². The molecule has 2 atom stereocenters. The van der Waals surface area contributed by atoms with Crippen LogP contribution in [0.3, 0.4) is 0 Å². The van der Waals surface area contributed by atoms with Crippen molar-refractivity contribution in [2.24, 2.45) is 4.99 Å². The molecule has 0 bridgehead atoms. The largest absolute Gasteiger partial charge is 0.373 e. The molecule has 2 heterocycles. The van der Waals surface area contributed by atoms with Crippen LogP contribution in [0.15, 0.2) is 11.2 Å². The number of hydrogen-bond donors (Lipinski definition) is 2. The van der Waals surface area contributed by atoms with Crippen LogP contribution in [0.25, 0.3) is 0 Å². The minimum absolute atomic E-state index is 0.0380. The van der Waals surface area contributed by atoms with Gasteiger partial charge in [-0.15, -0.1) is 11.3 Å². The highest BCUT2D eigenvalue weighted by Gasteiger charge is 2.33. The quantitative estimate of drug-likeness (QED) is 0.595. The lowest BCUT2D eigenvalue weighted by molar-refractivity contribution is -0.0946. The molecule has 1 saturated heterocycles. The molecule has 1 aromatic heterocycles. The fourth-order valence-electron chi connectivity index (χ4n) is 3.11. The molecule has 0 aromatic carbocycles. The lowest BCUT2D eigenvalue weighted by Gasteiger charge is -2.45. The van der Waals surface area contributed by atoms with Crippen LogP contribution in [-0.2, 0) is 11.2 Å². The third kappa shape index (κ3) is 6.24. The SMILES string of the molecule is CN=C(NCCc1ncc(C)s1)NCC(C)(C)N1CC(C)OC(C)C1. The minimum atomic E-state index is 0.0380. The van der Waals surface area contributed by atoms with Crippen molar-refractivity contribution >= 4 is 17.3 Å². The summed E-state index contributed by atoms with van der Waals surface area (Å²) in [5.41, 5.74) is 0.0380. The summed E-state index contributed by atoms with van der Waals surface area (Å²) in [6, 6.07) is 0. The number of aryl methyl sites for hydroxylation is 1. The van der Waals surface area contributed by atoms with Crippen molar-refractivity contribution in [1.29, 1.82) is 0 Å². The molecule has 1 aliphatic rings. The van der Waals surface area contributed by atoms with Gasteiger partial charge in [0.25, 0.3) is 0 Å². The van der Waals surface area contributed by atoms with Gasteiger partial charge in [-0.2, -0.15) is 0 Å². The zero-order valence-corrected chi connectivity index (χ0v) is 17.2. The maximum atomic E-state index is 5.85. The van der Waals surface area contributed by atoms with E-state index in [1.54, 1.807) is 11.3 Å². The number of morpholine rings is 1. The predicted octanol–water partition coefficient (Wildman–Crippen LogP) is 2.05. The van der Waals surface area contributed by atoms with E-state index in [2.05, 4.69) is 60.1 Å². The van der Waals surface area contributed by atoms with Gasteiger partial charge >= 0.3 is 0 Å². The van der Waals surface area contributed by atoms with Crippen LogP contribution in [0.1, 0.15) is 37.6 Å². The summed E-state index contributed by atoms with van der Waals surface area (Å²) < 4.78 is 5.85. The molecule has 6 nitrogen and oxygen atoms in total. The fourth-order valence-corrected chi connectivity index (χ4v) is 3.90. The zero-order valence-electron chi connectivity index (χ0n) is 16.4. The van der Waals surface area contributed by atoms with Gasteiger partial charge in [-0.3, -0.25) is 9.89 Å². The third-order valence-corrected chi connectivity index (χ3v) is 5.46. The van der Waals surface area contributed by atoms with Crippen molar-refractivity contribution in [3.63, 3.8) is 0 Å². The Hall–Kier alpha value is -1.18. The van der Waals surface area contributed by atoms with Crippen LogP contribution in [0.2, 0.25) is 0 Å².